The van der Waals surface area contributed by atoms with Crippen LogP contribution in [0.1, 0.15) is 12.0 Å². The number of methoxy groups -OCH3 is 1. The minimum atomic E-state index is -0.882. The first-order valence-corrected chi connectivity index (χ1v) is 7.92. The molecular formula is C17H23N3O6. The number of rotatable bonds is 8. The summed E-state index contributed by atoms with van der Waals surface area (Å²) in [4.78, 5) is 35.4. The van der Waals surface area contributed by atoms with E-state index in [1.54, 1.807) is 0 Å². The van der Waals surface area contributed by atoms with E-state index in [0.29, 0.717) is 6.42 Å². The van der Waals surface area contributed by atoms with Crippen LogP contribution in [-0.4, -0.2) is 62.8 Å². The van der Waals surface area contributed by atoms with Gasteiger partial charge in [-0.2, -0.15) is 0 Å². The smallest absolute Gasteiger partial charge is 0.414 e. The Morgan fingerprint density at radius 2 is 1.73 bits per heavy atom. The fourth-order valence-electron chi connectivity index (χ4n) is 1.82. The lowest BCUT2D eigenvalue weighted by atomic mass is 10.1. The molecule has 0 aromatic heterocycles. The van der Waals surface area contributed by atoms with Crippen molar-refractivity contribution in [3.05, 3.63) is 35.9 Å². The third kappa shape index (κ3) is 8.67. The van der Waals surface area contributed by atoms with Crippen molar-refractivity contribution in [3.8, 4) is 0 Å². The molecule has 0 aliphatic carbocycles. The fourth-order valence-corrected chi connectivity index (χ4v) is 1.82. The molecule has 1 aromatic carbocycles. The van der Waals surface area contributed by atoms with Gasteiger partial charge in [-0.15, -0.1) is 0 Å². The first-order valence-electron chi connectivity index (χ1n) is 7.92. The standard InChI is InChI=1S/C17H23N3O6/c1-20(12-15(22)24-2)16(18)19-17(23)26-11-10-25-14(21)9-8-13-6-4-3-5-7-13/h3-7H,8-12H2,1-2H3,(H2,18,19,23). The molecule has 142 valence electrons. The van der Waals surface area contributed by atoms with Gasteiger partial charge in [-0.3, -0.25) is 20.3 Å². The van der Waals surface area contributed by atoms with Gasteiger partial charge in [0.05, 0.1) is 7.11 Å². The molecule has 1 rings (SSSR count). The summed E-state index contributed by atoms with van der Waals surface area (Å²) < 4.78 is 14.2. The summed E-state index contributed by atoms with van der Waals surface area (Å²) in [7, 11) is 2.66. The number of nitrogens with one attached hydrogen (secondary N) is 2. The third-order valence-corrected chi connectivity index (χ3v) is 3.24. The van der Waals surface area contributed by atoms with Crippen molar-refractivity contribution < 1.29 is 28.6 Å². The molecule has 1 amide bonds. The molecule has 0 spiro atoms. The summed E-state index contributed by atoms with van der Waals surface area (Å²) in [6, 6.07) is 9.54. The summed E-state index contributed by atoms with van der Waals surface area (Å²) in [6.45, 7) is -0.405. The monoisotopic (exact) mass is 365 g/mol. The molecular weight excluding hydrogens is 342 g/mol. The Labute approximate surface area is 151 Å². The molecule has 9 nitrogen and oxygen atoms in total. The minimum Gasteiger partial charge on any atom is -0.468 e. The summed E-state index contributed by atoms with van der Waals surface area (Å²) >= 11 is 0. The van der Waals surface area contributed by atoms with Crippen LogP contribution in [0.2, 0.25) is 0 Å². The Bertz CT molecular complexity index is 620. The number of hydrogen-bond donors (Lipinski definition) is 2. The number of carbonyl (C=O) groups excluding carboxylic acids is 3. The molecule has 26 heavy (non-hydrogen) atoms. The normalized spacial score (nSPS) is 9.77. The minimum absolute atomic E-state index is 0.0770. The SMILES string of the molecule is COC(=O)CN(C)C(=N)NC(=O)OCCOC(=O)CCc1ccccc1. The zero-order valence-corrected chi connectivity index (χ0v) is 14.8. The van der Waals surface area contributed by atoms with Crippen LogP contribution in [0, 0.1) is 5.41 Å². The van der Waals surface area contributed by atoms with Crippen molar-refractivity contribution in [3.63, 3.8) is 0 Å². The van der Waals surface area contributed by atoms with Gasteiger partial charge in [-0.1, -0.05) is 30.3 Å². The van der Waals surface area contributed by atoms with Gasteiger partial charge < -0.3 is 19.1 Å². The number of aryl methyl sites for hydroxylation is 1. The van der Waals surface area contributed by atoms with Crippen molar-refractivity contribution in [1.82, 2.24) is 10.2 Å². The zero-order valence-electron chi connectivity index (χ0n) is 14.8. The van der Waals surface area contributed by atoms with Crippen LogP contribution in [0.4, 0.5) is 4.79 Å². The predicted octanol–water partition coefficient (Wildman–Crippen LogP) is 0.928. The Balaban J connectivity index is 2.14. The van der Waals surface area contributed by atoms with Crippen molar-refractivity contribution >= 4 is 24.0 Å². The summed E-state index contributed by atoms with van der Waals surface area (Å²) in [5, 5.41) is 9.74. The van der Waals surface area contributed by atoms with Gasteiger partial charge in [0.15, 0.2) is 0 Å². The molecule has 1 aromatic rings. The molecule has 0 saturated carbocycles. The van der Waals surface area contributed by atoms with Gasteiger partial charge in [0.1, 0.15) is 19.8 Å². The van der Waals surface area contributed by atoms with E-state index in [0.717, 1.165) is 5.56 Å². The Kier molecular flexibility index (Phi) is 9.23. The van der Waals surface area contributed by atoms with Crippen molar-refractivity contribution in [2.45, 2.75) is 12.8 Å². The lowest BCUT2D eigenvalue weighted by Crippen LogP contribution is -2.44. The maximum atomic E-state index is 11.6. The highest BCUT2D eigenvalue weighted by molar-refractivity contribution is 5.93. The average Bonchev–Trinajstić information content (AvgIpc) is 2.64. The van der Waals surface area contributed by atoms with E-state index in [-0.39, 0.29) is 38.1 Å². The summed E-state index contributed by atoms with van der Waals surface area (Å²) in [6.07, 6.45) is -0.0729. The Hall–Kier alpha value is -3.10. The maximum absolute atomic E-state index is 11.6. The highest BCUT2D eigenvalue weighted by Gasteiger charge is 2.13. The Morgan fingerprint density at radius 3 is 2.38 bits per heavy atom. The fraction of sp³-hybridized carbons (Fsp3) is 0.412. The number of amides is 1. The number of alkyl carbamates (subject to hydrolysis) is 1. The van der Waals surface area contributed by atoms with Gasteiger partial charge in [0.2, 0.25) is 5.96 Å². The second-order valence-electron chi connectivity index (χ2n) is 5.25. The van der Waals surface area contributed by atoms with Crippen LogP contribution >= 0.6 is 0 Å². The van der Waals surface area contributed by atoms with E-state index in [4.69, 9.17) is 14.9 Å². The molecule has 0 saturated heterocycles. The van der Waals surface area contributed by atoms with Gasteiger partial charge in [0, 0.05) is 13.5 Å². The predicted molar refractivity (Wildman–Crippen MR) is 92.6 cm³/mol. The quantitative estimate of drug-likeness (QED) is 0.231. The average molecular weight is 365 g/mol. The summed E-state index contributed by atoms with van der Waals surface area (Å²) in [5.41, 5.74) is 1.04. The third-order valence-electron chi connectivity index (χ3n) is 3.24. The van der Waals surface area contributed by atoms with Crippen molar-refractivity contribution in [1.29, 1.82) is 5.41 Å². The molecule has 0 fully saturated rings. The molecule has 0 aliphatic rings. The summed E-state index contributed by atoms with van der Waals surface area (Å²) in [5.74, 6) is -1.25. The molecule has 2 N–H and O–H groups in total. The van der Waals surface area contributed by atoms with Crippen LogP contribution in [-0.2, 0) is 30.2 Å². The van der Waals surface area contributed by atoms with E-state index in [1.165, 1.54) is 19.1 Å². The topological polar surface area (TPSA) is 118 Å². The number of nitrogens with zero attached hydrogens (tertiary/aromatic N) is 1. The van der Waals surface area contributed by atoms with E-state index in [1.807, 2.05) is 30.3 Å². The number of benzene rings is 1. The van der Waals surface area contributed by atoms with Gasteiger partial charge in [0.25, 0.3) is 0 Å². The van der Waals surface area contributed by atoms with E-state index < -0.39 is 12.1 Å². The maximum Gasteiger partial charge on any atom is 0.414 e. The number of esters is 2. The Morgan fingerprint density at radius 1 is 1.08 bits per heavy atom. The van der Waals surface area contributed by atoms with Crippen molar-refractivity contribution in [2.75, 3.05) is 33.9 Å². The van der Waals surface area contributed by atoms with Crippen molar-refractivity contribution in [2.24, 2.45) is 0 Å². The van der Waals surface area contributed by atoms with Crippen LogP contribution in [0.3, 0.4) is 0 Å². The number of ether oxygens (including phenoxy) is 3. The molecule has 0 atom stereocenters. The van der Waals surface area contributed by atoms with Crippen LogP contribution in [0.5, 0.6) is 0 Å². The van der Waals surface area contributed by atoms with E-state index in [2.05, 4.69) is 10.1 Å². The van der Waals surface area contributed by atoms with Gasteiger partial charge in [-0.25, -0.2) is 4.79 Å². The van der Waals surface area contributed by atoms with E-state index >= 15 is 0 Å². The first-order chi connectivity index (χ1) is 12.4. The zero-order chi connectivity index (χ0) is 19.4. The molecule has 9 heteroatoms. The molecule has 0 bridgehead atoms. The number of likely N-dealkylation sites (N-methyl/N-ethyl adjacent to an activating group) is 1. The molecule has 0 heterocycles. The van der Waals surface area contributed by atoms with Gasteiger partial charge >= 0.3 is 18.0 Å². The highest BCUT2D eigenvalue weighted by atomic mass is 16.6. The van der Waals surface area contributed by atoms with Gasteiger partial charge in [-0.05, 0) is 12.0 Å². The van der Waals surface area contributed by atoms with E-state index in [9.17, 15) is 14.4 Å². The number of guanidine groups is 1. The van der Waals surface area contributed by atoms with Crippen LogP contribution < -0.4 is 5.32 Å². The van der Waals surface area contributed by atoms with Crippen LogP contribution in [0.25, 0.3) is 0 Å². The first kappa shape index (κ1) is 20.9. The largest absolute Gasteiger partial charge is 0.468 e. The second kappa shape index (κ2) is 11.5. The highest BCUT2D eigenvalue weighted by Crippen LogP contribution is 2.03. The molecule has 0 aliphatic heterocycles. The lowest BCUT2D eigenvalue weighted by Gasteiger charge is -2.18. The second-order valence-corrected chi connectivity index (χ2v) is 5.25. The molecule has 0 radical (unpaired) electrons. The number of carbonyl (C=O) groups is 3. The molecule has 0 unspecified atom stereocenters. The lowest BCUT2D eigenvalue weighted by molar-refractivity contribution is -0.144. The van der Waals surface area contributed by atoms with Crippen LogP contribution in [0.15, 0.2) is 30.3 Å². The number of hydrogen-bond acceptors (Lipinski definition) is 7.